The number of benzene rings is 1. The molecule has 1 spiro atoms. The number of hydrogen-bond acceptors (Lipinski definition) is 4. The van der Waals surface area contributed by atoms with Crippen LogP contribution in [0.5, 0.6) is 0 Å². The third kappa shape index (κ3) is 3.82. The fourth-order valence-electron chi connectivity index (χ4n) is 4.19. The number of piperidine rings is 1. The smallest absolute Gasteiger partial charge is 0.289 e. The lowest BCUT2D eigenvalue weighted by Crippen LogP contribution is -2.53. The summed E-state index contributed by atoms with van der Waals surface area (Å²) in [6, 6.07) is 11.5. The zero-order chi connectivity index (χ0) is 20.6. The van der Waals surface area contributed by atoms with Gasteiger partial charge < -0.3 is 14.2 Å². The van der Waals surface area contributed by atoms with Gasteiger partial charge in [0.05, 0.1) is 11.1 Å². The highest BCUT2D eigenvalue weighted by Crippen LogP contribution is 2.44. The van der Waals surface area contributed by atoms with Crippen LogP contribution in [0.4, 0.5) is 0 Å². The van der Waals surface area contributed by atoms with E-state index in [0.29, 0.717) is 18.8 Å². The molecular formula is C23H28N2O3S. The zero-order valence-electron chi connectivity index (χ0n) is 17.3. The number of carbonyl (C=O) groups excluding carboxylic acids is 2. The first-order chi connectivity index (χ1) is 13.8. The lowest BCUT2D eigenvalue weighted by atomic mass is 9.86. The van der Waals surface area contributed by atoms with E-state index in [-0.39, 0.29) is 22.1 Å². The van der Waals surface area contributed by atoms with E-state index in [1.165, 1.54) is 11.8 Å². The summed E-state index contributed by atoms with van der Waals surface area (Å²) in [5.41, 5.74) is 2.04. The summed E-state index contributed by atoms with van der Waals surface area (Å²) in [5.74, 6) is 1.36. The van der Waals surface area contributed by atoms with Crippen molar-refractivity contribution in [2.75, 3.05) is 25.4 Å². The van der Waals surface area contributed by atoms with E-state index in [2.05, 4.69) is 32.9 Å². The molecule has 2 aliphatic rings. The number of thioether (sulfide) groups is 1. The van der Waals surface area contributed by atoms with E-state index in [4.69, 9.17) is 4.42 Å². The molecule has 0 radical (unpaired) electrons. The molecule has 2 aromatic rings. The molecule has 154 valence electrons. The molecule has 2 aliphatic heterocycles. The van der Waals surface area contributed by atoms with Gasteiger partial charge in [-0.25, -0.2) is 0 Å². The molecule has 6 heteroatoms. The maximum absolute atomic E-state index is 13.3. The van der Waals surface area contributed by atoms with Crippen LogP contribution in [0.3, 0.4) is 0 Å². The predicted molar refractivity (Wildman–Crippen MR) is 115 cm³/mol. The van der Waals surface area contributed by atoms with E-state index >= 15 is 0 Å². The first kappa shape index (κ1) is 20.1. The monoisotopic (exact) mass is 412 g/mol. The molecule has 0 aliphatic carbocycles. The summed E-state index contributed by atoms with van der Waals surface area (Å²) in [5, 5.41) is 0. The molecule has 0 bridgehead atoms. The van der Waals surface area contributed by atoms with Gasteiger partial charge in [0.15, 0.2) is 5.76 Å². The SMILES string of the molecule is CC(C)(C)c1ccc(C(=O)N2CCSC23CCN(C(=O)c2ccco2)CC3)cc1. The van der Waals surface area contributed by atoms with Crippen molar-refractivity contribution in [1.29, 1.82) is 0 Å². The van der Waals surface area contributed by atoms with Crippen LogP contribution in [-0.4, -0.2) is 51.9 Å². The van der Waals surface area contributed by atoms with E-state index in [9.17, 15) is 9.59 Å². The first-order valence-corrected chi connectivity index (χ1v) is 11.2. The molecule has 5 nitrogen and oxygen atoms in total. The van der Waals surface area contributed by atoms with E-state index < -0.39 is 0 Å². The predicted octanol–water partition coefficient (Wildman–Crippen LogP) is 4.40. The van der Waals surface area contributed by atoms with Crippen LogP contribution in [0.2, 0.25) is 0 Å². The molecule has 1 aromatic carbocycles. The quantitative estimate of drug-likeness (QED) is 0.734. The Balaban J connectivity index is 1.46. The van der Waals surface area contributed by atoms with Crippen molar-refractivity contribution in [3.05, 3.63) is 59.5 Å². The minimum Gasteiger partial charge on any atom is -0.459 e. The van der Waals surface area contributed by atoms with Gasteiger partial charge in [-0.15, -0.1) is 11.8 Å². The van der Waals surface area contributed by atoms with Crippen molar-refractivity contribution in [1.82, 2.24) is 9.80 Å². The topological polar surface area (TPSA) is 53.8 Å². The van der Waals surface area contributed by atoms with Gasteiger partial charge in [-0.1, -0.05) is 32.9 Å². The minimum atomic E-state index is -0.209. The van der Waals surface area contributed by atoms with Gasteiger partial charge in [0.2, 0.25) is 0 Å². The second-order valence-electron chi connectivity index (χ2n) is 8.85. The highest BCUT2D eigenvalue weighted by Gasteiger charge is 2.47. The summed E-state index contributed by atoms with van der Waals surface area (Å²) < 4.78 is 5.26. The lowest BCUT2D eigenvalue weighted by molar-refractivity contribution is 0.0483. The Bertz CT molecular complexity index is 876. The second kappa shape index (κ2) is 7.56. The van der Waals surface area contributed by atoms with Crippen LogP contribution in [0.25, 0.3) is 0 Å². The fraction of sp³-hybridized carbons (Fsp3) is 0.478. The average Bonchev–Trinajstić information content (AvgIpc) is 3.38. The summed E-state index contributed by atoms with van der Waals surface area (Å²) in [6.45, 7) is 8.56. The Morgan fingerprint density at radius 1 is 1.00 bits per heavy atom. The zero-order valence-corrected chi connectivity index (χ0v) is 18.1. The summed E-state index contributed by atoms with van der Waals surface area (Å²) in [4.78, 5) is 29.5. The standard InChI is InChI=1S/C23H28N2O3S/c1-22(2,3)18-8-6-17(7-9-18)20(26)25-14-16-29-23(25)10-12-24(13-11-23)21(27)19-5-4-15-28-19/h4-9,15H,10-14,16H2,1-3H3. The summed E-state index contributed by atoms with van der Waals surface area (Å²) in [7, 11) is 0. The Kier molecular flexibility index (Phi) is 5.23. The van der Waals surface area contributed by atoms with Crippen molar-refractivity contribution in [2.45, 2.75) is 43.9 Å². The van der Waals surface area contributed by atoms with Crippen molar-refractivity contribution in [2.24, 2.45) is 0 Å². The third-order valence-corrected chi connectivity index (χ3v) is 7.54. The van der Waals surface area contributed by atoms with Crippen LogP contribution in [0.1, 0.15) is 60.1 Å². The molecule has 2 saturated heterocycles. The number of likely N-dealkylation sites (tertiary alicyclic amines) is 1. The van der Waals surface area contributed by atoms with Gasteiger partial charge in [-0.05, 0) is 48.1 Å². The third-order valence-electron chi connectivity index (χ3n) is 5.98. The Morgan fingerprint density at radius 3 is 2.28 bits per heavy atom. The number of carbonyl (C=O) groups is 2. The Labute approximate surface area is 176 Å². The van der Waals surface area contributed by atoms with Gasteiger partial charge in [-0.2, -0.15) is 0 Å². The number of furan rings is 1. The second-order valence-corrected chi connectivity index (χ2v) is 10.3. The molecule has 0 N–H and O–H groups in total. The number of amides is 2. The van der Waals surface area contributed by atoms with Crippen LogP contribution in [0, 0.1) is 0 Å². The fourth-order valence-corrected chi connectivity index (χ4v) is 5.65. The number of rotatable bonds is 2. The van der Waals surface area contributed by atoms with Crippen LogP contribution in [-0.2, 0) is 5.41 Å². The molecule has 0 unspecified atom stereocenters. The largest absolute Gasteiger partial charge is 0.459 e. The molecule has 0 atom stereocenters. The van der Waals surface area contributed by atoms with Crippen LogP contribution >= 0.6 is 11.8 Å². The van der Waals surface area contributed by atoms with Gasteiger partial charge in [-0.3, -0.25) is 9.59 Å². The Hall–Kier alpha value is -2.21. The van der Waals surface area contributed by atoms with Gasteiger partial charge in [0.25, 0.3) is 11.8 Å². The summed E-state index contributed by atoms with van der Waals surface area (Å²) >= 11 is 1.86. The normalized spacial score (nSPS) is 19.0. The molecular weight excluding hydrogens is 384 g/mol. The highest BCUT2D eigenvalue weighted by atomic mass is 32.2. The molecule has 3 heterocycles. The summed E-state index contributed by atoms with van der Waals surface area (Å²) in [6.07, 6.45) is 3.10. The van der Waals surface area contributed by atoms with E-state index in [0.717, 1.165) is 30.7 Å². The molecule has 2 amide bonds. The van der Waals surface area contributed by atoms with Crippen molar-refractivity contribution < 1.29 is 14.0 Å². The molecule has 1 aromatic heterocycles. The van der Waals surface area contributed by atoms with E-state index in [1.54, 1.807) is 12.1 Å². The van der Waals surface area contributed by atoms with Crippen LogP contribution in [0.15, 0.2) is 47.1 Å². The van der Waals surface area contributed by atoms with Crippen molar-refractivity contribution in [3.8, 4) is 0 Å². The van der Waals surface area contributed by atoms with Crippen molar-refractivity contribution in [3.63, 3.8) is 0 Å². The lowest BCUT2D eigenvalue weighted by Gasteiger charge is -2.44. The highest BCUT2D eigenvalue weighted by molar-refractivity contribution is 8.00. The number of nitrogens with zero attached hydrogens (tertiary/aromatic N) is 2. The number of hydrogen-bond donors (Lipinski definition) is 0. The Morgan fingerprint density at radius 2 is 1.69 bits per heavy atom. The minimum absolute atomic E-state index is 0.0662. The van der Waals surface area contributed by atoms with Crippen molar-refractivity contribution >= 4 is 23.6 Å². The van der Waals surface area contributed by atoms with Crippen LogP contribution < -0.4 is 0 Å². The maximum atomic E-state index is 13.3. The molecule has 4 rings (SSSR count). The van der Waals surface area contributed by atoms with Gasteiger partial charge >= 0.3 is 0 Å². The molecule has 29 heavy (non-hydrogen) atoms. The maximum Gasteiger partial charge on any atom is 0.289 e. The first-order valence-electron chi connectivity index (χ1n) is 10.2. The molecule has 2 fully saturated rings. The van der Waals surface area contributed by atoms with Gasteiger partial charge in [0, 0.05) is 31.0 Å². The average molecular weight is 413 g/mol. The van der Waals surface area contributed by atoms with E-state index in [1.807, 2.05) is 33.7 Å². The molecule has 0 saturated carbocycles. The van der Waals surface area contributed by atoms with Gasteiger partial charge in [0.1, 0.15) is 0 Å².